The number of nitrogens with zero attached hydrogens (tertiary/aromatic N) is 3. The topological polar surface area (TPSA) is 52.1 Å². The molecule has 0 radical (unpaired) electrons. The highest BCUT2D eigenvalue weighted by Crippen LogP contribution is 2.23. The number of rotatable bonds is 10. The van der Waals surface area contributed by atoms with Crippen LogP contribution < -0.4 is 15.4 Å². The van der Waals surface area contributed by atoms with E-state index in [0.29, 0.717) is 12.6 Å². The van der Waals surface area contributed by atoms with E-state index >= 15 is 0 Å². The first-order valence-electron chi connectivity index (χ1n) is 11.7. The summed E-state index contributed by atoms with van der Waals surface area (Å²) in [4.78, 5) is 9.92. The smallest absolute Gasteiger partial charge is 0.191 e. The van der Waals surface area contributed by atoms with Crippen molar-refractivity contribution >= 4 is 29.9 Å². The lowest BCUT2D eigenvalue weighted by atomic mass is 10.1. The molecule has 0 amide bonds. The van der Waals surface area contributed by atoms with Crippen molar-refractivity contribution in [3.8, 4) is 5.75 Å². The molecule has 1 saturated heterocycles. The Morgan fingerprint density at radius 2 is 1.81 bits per heavy atom. The highest BCUT2D eigenvalue weighted by Gasteiger charge is 2.20. The summed E-state index contributed by atoms with van der Waals surface area (Å²) in [5.41, 5.74) is 2.34. The number of aryl methyl sites for hydroxylation is 1. The molecule has 1 heterocycles. The first-order valence-corrected chi connectivity index (χ1v) is 11.7. The Morgan fingerprint density at radius 3 is 2.42 bits per heavy atom. The summed E-state index contributed by atoms with van der Waals surface area (Å²) in [5, 5.41) is 6.92. The van der Waals surface area contributed by atoms with E-state index in [1.54, 1.807) is 0 Å². The summed E-state index contributed by atoms with van der Waals surface area (Å²) in [6.45, 7) is 21.1. The fourth-order valence-electron chi connectivity index (χ4n) is 3.60. The summed E-state index contributed by atoms with van der Waals surface area (Å²) in [6, 6.07) is 6.87. The fraction of sp³-hybridized carbons (Fsp3) is 0.708. The molecule has 1 aromatic carbocycles. The molecule has 2 atom stereocenters. The van der Waals surface area contributed by atoms with Gasteiger partial charge in [0.2, 0.25) is 0 Å². The van der Waals surface area contributed by atoms with E-state index in [4.69, 9.17) is 9.73 Å². The third-order valence-corrected chi connectivity index (χ3v) is 5.92. The lowest BCUT2D eigenvalue weighted by molar-refractivity contribution is 0.107. The maximum absolute atomic E-state index is 6.14. The van der Waals surface area contributed by atoms with E-state index in [9.17, 15) is 0 Å². The molecule has 1 aliphatic rings. The summed E-state index contributed by atoms with van der Waals surface area (Å²) >= 11 is 0. The number of aliphatic imine (C=N–C) groups is 1. The Kier molecular flexibility index (Phi) is 13.4. The predicted molar refractivity (Wildman–Crippen MR) is 143 cm³/mol. The Labute approximate surface area is 207 Å². The van der Waals surface area contributed by atoms with Crippen LogP contribution in [-0.2, 0) is 6.54 Å². The average Bonchev–Trinajstić information content (AvgIpc) is 2.76. The largest absolute Gasteiger partial charge is 0.490 e. The molecular weight excluding hydrogens is 501 g/mol. The molecule has 1 aliphatic heterocycles. The van der Waals surface area contributed by atoms with Crippen LogP contribution in [0, 0.1) is 6.92 Å². The van der Waals surface area contributed by atoms with Crippen molar-refractivity contribution in [3.63, 3.8) is 0 Å². The first kappa shape index (κ1) is 28.0. The van der Waals surface area contributed by atoms with Crippen molar-refractivity contribution in [3.05, 3.63) is 29.3 Å². The van der Waals surface area contributed by atoms with Crippen LogP contribution in [0.4, 0.5) is 0 Å². The van der Waals surface area contributed by atoms with Crippen LogP contribution in [0.15, 0.2) is 23.2 Å². The SMILES string of the molecule is CCNC(=NCc1ccc(C)cc1OC(C)CC)NCC(C)N1CCN(CC)CC1.I. The molecule has 1 fully saturated rings. The second-order valence-corrected chi connectivity index (χ2v) is 8.34. The number of hydrogen-bond donors (Lipinski definition) is 2. The van der Waals surface area contributed by atoms with Crippen LogP contribution in [0.1, 0.15) is 52.2 Å². The van der Waals surface area contributed by atoms with Crippen LogP contribution in [0.5, 0.6) is 5.75 Å². The number of guanidine groups is 1. The van der Waals surface area contributed by atoms with E-state index < -0.39 is 0 Å². The Morgan fingerprint density at radius 1 is 1.10 bits per heavy atom. The molecule has 2 rings (SSSR count). The third-order valence-electron chi connectivity index (χ3n) is 5.92. The van der Waals surface area contributed by atoms with Gasteiger partial charge < -0.3 is 20.3 Å². The molecule has 178 valence electrons. The van der Waals surface area contributed by atoms with E-state index in [1.807, 2.05) is 0 Å². The van der Waals surface area contributed by atoms with Gasteiger partial charge in [-0.2, -0.15) is 0 Å². The summed E-state index contributed by atoms with van der Waals surface area (Å²) < 4.78 is 6.14. The quantitative estimate of drug-likeness (QED) is 0.266. The van der Waals surface area contributed by atoms with Crippen LogP contribution in [0.25, 0.3) is 0 Å². The zero-order chi connectivity index (χ0) is 21.9. The number of hydrogen-bond acceptors (Lipinski definition) is 4. The van der Waals surface area contributed by atoms with Crippen molar-refractivity contribution in [1.82, 2.24) is 20.4 Å². The van der Waals surface area contributed by atoms with Gasteiger partial charge in [0.25, 0.3) is 0 Å². The van der Waals surface area contributed by atoms with Crippen molar-refractivity contribution in [1.29, 1.82) is 0 Å². The average molecular weight is 546 g/mol. The minimum atomic E-state index is 0. The van der Waals surface area contributed by atoms with Gasteiger partial charge in [-0.25, -0.2) is 4.99 Å². The minimum absolute atomic E-state index is 0. The number of likely N-dealkylation sites (N-methyl/N-ethyl adjacent to an activating group) is 1. The molecule has 0 bridgehead atoms. The lowest BCUT2D eigenvalue weighted by Gasteiger charge is -2.37. The van der Waals surface area contributed by atoms with E-state index in [2.05, 4.69) is 80.2 Å². The van der Waals surface area contributed by atoms with Gasteiger partial charge in [0.15, 0.2) is 5.96 Å². The molecule has 0 aliphatic carbocycles. The monoisotopic (exact) mass is 545 g/mol. The van der Waals surface area contributed by atoms with Crippen molar-refractivity contribution in [2.75, 3.05) is 45.8 Å². The second kappa shape index (κ2) is 14.9. The maximum atomic E-state index is 6.14. The van der Waals surface area contributed by atoms with Gasteiger partial charge in [-0.15, -0.1) is 24.0 Å². The zero-order valence-corrected chi connectivity index (χ0v) is 22.7. The highest BCUT2D eigenvalue weighted by atomic mass is 127. The molecule has 31 heavy (non-hydrogen) atoms. The van der Waals surface area contributed by atoms with Gasteiger partial charge in [0, 0.05) is 50.9 Å². The molecule has 1 aromatic rings. The van der Waals surface area contributed by atoms with Gasteiger partial charge in [-0.05, 0) is 52.3 Å². The van der Waals surface area contributed by atoms with Crippen molar-refractivity contribution in [2.24, 2.45) is 4.99 Å². The molecule has 6 nitrogen and oxygen atoms in total. The molecule has 0 aromatic heterocycles. The van der Waals surface area contributed by atoms with Gasteiger partial charge in [0.1, 0.15) is 5.75 Å². The first-order chi connectivity index (χ1) is 14.5. The number of benzene rings is 1. The van der Waals surface area contributed by atoms with Crippen LogP contribution in [0.2, 0.25) is 0 Å². The van der Waals surface area contributed by atoms with Crippen LogP contribution >= 0.6 is 24.0 Å². The van der Waals surface area contributed by atoms with Crippen molar-refractivity contribution in [2.45, 2.75) is 66.7 Å². The fourth-order valence-corrected chi connectivity index (χ4v) is 3.60. The standard InChI is InChI=1S/C24H43N5O.HI/c1-7-21(6)30-23-16-19(4)10-11-22(23)18-27-24(25-8-2)26-17-20(5)29-14-12-28(9-3)13-15-29;/h10-11,16,20-21H,7-9,12-15,17-18H2,1-6H3,(H2,25,26,27);1H. The lowest BCUT2D eigenvalue weighted by Crippen LogP contribution is -2.53. The number of piperazine rings is 1. The van der Waals surface area contributed by atoms with Crippen LogP contribution in [-0.4, -0.2) is 73.7 Å². The Balaban J connectivity index is 0.00000480. The predicted octanol–water partition coefficient (Wildman–Crippen LogP) is 3.87. The Hall–Kier alpha value is -1.06. The molecular formula is C24H44IN5O. The summed E-state index contributed by atoms with van der Waals surface area (Å²) in [6.07, 6.45) is 1.19. The van der Waals surface area contributed by atoms with Gasteiger partial charge in [-0.1, -0.05) is 26.0 Å². The van der Waals surface area contributed by atoms with Gasteiger partial charge in [-0.3, -0.25) is 4.90 Å². The van der Waals surface area contributed by atoms with E-state index in [0.717, 1.165) is 56.4 Å². The molecule has 2 unspecified atom stereocenters. The molecule has 0 saturated carbocycles. The van der Waals surface area contributed by atoms with E-state index in [-0.39, 0.29) is 30.1 Å². The van der Waals surface area contributed by atoms with E-state index in [1.165, 1.54) is 18.7 Å². The maximum Gasteiger partial charge on any atom is 0.191 e. The summed E-state index contributed by atoms with van der Waals surface area (Å²) in [5.74, 6) is 1.82. The Bertz CT molecular complexity index is 661. The highest BCUT2D eigenvalue weighted by molar-refractivity contribution is 14.0. The molecule has 2 N–H and O–H groups in total. The second-order valence-electron chi connectivity index (χ2n) is 8.34. The van der Waals surface area contributed by atoms with Crippen molar-refractivity contribution < 1.29 is 4.74 Å². The normalized spacial score (nSPS) is 17.5. The number of nitrogens with one attached hydrogen (secondary N) is 2. The van der Waals surface area contributed by atoms with Gasteiger partial charge in [0.05, 0.1) is 12.6 Å². The molecule has 0 spiro atoms. The minimum Gasteiger partial charge on any atom is -0.490 e. The number of ether oxygens (including phenoxy) is 1. The summed E-state index contributed by atoms with van der Waals surface area (Å²) in [7, 11) is 0. The van der Waals surface area contributed by atoms with Gasteiger partial charge >= 0.3 is 0 Å². The third kappa shape index (κ3) is 9.53. The zero-order valence-electron chi connectivity index (χ0n) is 20.4. The molecule has 7 heteroatoms. The number of halogens is 1. The van der Waals surface area contributed by atoms with Crippen LogP contribution in [0.3, 0.4) is 0 Å².